The van der Waals surface area contributed by atoms with Crippen LogP contribution in [0.15, 0.2) is 17.0 Å². The number of sulfonamides is 1. The SMILES string of the molecule is NC1CCN(S(=O)(=O)c2cc3c(cc2Cl)NC(=O)C3)CC1. The van der Waals surface area contributed by atoms with Gasteiger partial charge in [0, 0.05) is 24.8 Å². The summed E-state index contributed by atoms with van der Waals surface area (Å²) in [5.74, 6) is -0.153. The van der Waals surface area contributed by atoms with E-state index >= 15 is 0 Å². The number of halogens is 1. The van der Waals surface area contributed by atoms with Crippen molar-refractivity contribution in [2.24, 2.45) is 5.73 Å². The number of hydrogen-bond donors (Lipinski definition) is 2. The molecule has 1 amide bonds. The zero-order chi connectivity index (χ0) is 15.2. The number of rotatable bonds is 2. The van der Waals surface area contributed by atoms with Crippen LogP contribution in [0.5, 0.6) is 0 Å². The maximum atomic E-state index is 12.7. The number of anilines is 1. The molecule has 0 bridgehead atoms. The molecular weight excluding hydrogens is 314 g/mol. The third-order valence-corrected chi connectivity index (χ3v) is 6.26. The van der Waals surface area contributed by atoms with Crippen LogP contribution in [0.25, 0.3) is 0 Å². The van der Waals surface area contributed by atoms with Gasteiger partial charge in [-0.05, 0) is 30.5 Å². The number of carbonyl (C=O) groups is 1. The molecule has 3 rings (SSSR count). The number of fused-ring (bicyclic) bond motifs is 1. The maximum Gasteiger partial charge on any atom is 0.244 e. The Hall–Kier alpha value is -1.15. The molecule has 2 aliphatic rings. The normalized spacial score (nSPS) is 20.4. The summed E-state index contributed by atoms with van der Waals surface area (Å²) in [6, 6.07) is 3.05. The zero-order valence-corrected chi connectivity index (χ0v) is 12.9. The first-order valence-corrected chi connectivity index (χ1v) is 8.58. The molecule has 0 saturated carbocycles. The van der Waals surface area contributed by atoms with Gasteiger partial charge in [0.1, 0.15) is 4.90 Å². The Bertz CT molecular complexity index is 697. The highest BCUT2D eigenvalue weighted by molar-refractivity contribution is 7.89. The quantitative estimate of drug-likeness (QED) is 0.844. The molecule has 0 atom stereocenters. The van der Waals surface area contributed by atoms with Gasteiger partial charge < -0.3 is 11.1 Å². The number of nitrogens with zero attached hydrogens (tertiary/aromatic N) is 1. The summed E-state index contributed by atoms with van der Waals surface area (Å²) in [6.45, 7) is 0.794. The first-order chi connectivity index (χ1) is 9.88. The van der Waals surface area contributed by atoms with Crippen LogP contribution in [0.3, 0.4) is 0 Å². The van der Waals surface area contributed by atoms with Crippen LogP contribution in [0.4, 0.5) is 5.69 Å². The van der Waals surface area contributed by atoms with E-state index in [4.69, 9.17) is 17.3 Å². The van der Waals surface area contributed by atoms with Gasteiger partial charge in [0.15, 0.2) is 0 Å². The fourth-order valence-corrected chi connectivity index (χ4v) is 4.70. The second kappa shape index (κ2) is 5.24. The molecule has 1 fully saturated rings. The summed E-state index contributed by atoms with van der Waals surface area (Å²) in [6.07, 6.45) is 1.46. The molecule has 114 valence electrons. The molecule has 0 aromatic heterocycles. The Kier molecular flexibility index (Phi) is 3.69. The van der Waals surface area contributed by atoms with Crippen molar-refractivity contribution >= 4 is 33.2 Å². The molecule has 6 nitrogen and oxygen atoms in total. The third kappa shape index (κ3) is 2.66. The van der Waals surface area contributed by atoms with Crippen molar-refractivity contribution in [2.45, 2.75) is 30.2 Å². The first-order valence-electron chi connectivity index (χ1n) is 6.76. The molecule has 0 aliphatic carbocycles. The summed E-state index contributed by atoms with van der Waals surface area (Å²) in [4.78, 5) is 11.4. The minimum absolute atomic E-state index is 0.0498. The molecule has 2 aliphatic heterocycles. The fraction of sp³-hybridized carbons (Fsp3) is 0.462. The zero-order valence-electron chi connectivity index (χ0n) is 11.3. The third-order valence-electron chi connectivity index (χ3n) is 3.90. The van der Waals surface area contributed by atoms with Gasteiger partial charge in [-0.2, -0.15) is 4.31 Å². The van der Waals surface area contributed by atoms with Crippen LogP contribution < -0.4 is 11.1 Å². The molecule has 1 aromatic rings. The van der Waals surface area contributed by atoms with Gasteiger partial charge in [0.05, 0.1) is 11.4 Å². The van der Waals surface area contributed by atoms with Gasteiger partial charge in [-0.1, -0.05) is 11.6 Å². The van der Waals surface area contributed by atoms with E-state index in [1.165, 1.54) is 16.4 Å². The lowest BCUT2D eigenvalue weighted by molar-refractivity contribution is -0.115. The smallest absolute Gasteiger partial charge is 0.244 e. The van der Waals surface area contributed by atoms with Crippen LogP contribution in [0.2, 0.25) is 5.02 Å². The van der Waals surface area contributed by atoms with Crippen molar-refractivity contribution in [3.05, 3.63) is 22.7 Å². The lowest BCUT2D eigenvalue weighted by Crippen LogP contribution is -2.42. The average Bonchev–Trinajstić information content (AvgIpc) is 2.77. The minimum atomic E-state index is -3.65. The molecule has 21 heavy (non-hydrogen) atoms. The van der Waals surface area contributed by atoms with Gasteiger partial charge in [0.25, 0.3) is 0 Å². The second-order valence-electron chi connectivity index (χ2n) is 5.41. The van der Waals surface area contributed by atoms with E-state index in [1.54, 1.807) is 0 Å². The Labute approximate surface area is 128 Å². The lowest BCUT2D eigenvalue weighted by atomic mass is 10.1. The largest absolute Gasteiger partial charge is 0.328 e. The molecule has 0 radical (unpaired) electrons. The van der Waals surface area contributed by atoms with Crippen LogP contribution in [0.1, 0.15) is 18.4 Å². The van der Waals surface area contributed by atoms with E-state index < -0.39 is 10.0 Å². The summed E-state index contributed by atoms with van der Waals surface area (Å²) in [5, 5.41) is 2.78. The standard InChI is InChI=1S/C13H16ClN3O3S/c14-10-7-11-8(6-13(18)16-11)5-12(10)21(19,20)17-3-1-9(15)2-4-17/h5,7,9H,1-4,6,15H2,(H,16,18). The number of benzene rings is 1. The van der Waals surface area contributed by atoms with E-state index in [0.717, 1.165) is 0 Å². The van der Waals surface area contributed by atoms with Gasteiger partial charge in [-0.3, -0.25) is 4.79 Å². The van der Waals surface area contributed by atoms with Crippen molar-refractivity contribution in [1.82, 2.24) is 4.31 Å². The van der Waals surface area contributed by atoms with Gasteiger partial charge in [-0.25, -0.2) is 8.42 Å². The molecule has 3 N–H and O–H groups in total. The molecule has 2 heterocycles. The number of carbonyl (C=O) groups excluding carboxylic acids is 1. The Morgan fingerprint density at radius 2 is 1.95 bits per heavy atom. The molecule has 0 unspecified atom stereocenters. The number of nitrogens with one attached hydrogen (secondary N) is 1. The monoisotopic (exact) mass is 329 g/mol. The van der Waals surface area contributed by atoms with E-state index in [9.17, 15) is 13.2 Å². The first kappa shape index (κ1) is 14.8. The summed E-state index contributed by atoms with van der Waals surface area (Å²) in [7, 11) is -3.65. The number of piperidine rings is 1. The Morgan fingerprint density at radius 3 is 2.62 bits per heavy atom. The Morgan fingerprint density at radius 1 is 1.29 bits per heavy atom. The highest BCUT2D eigenvalue weighted by Gasteiger charge is 2.31. The number of nitrogens with two attached hydrogens (primary N) is 1. The number of hydrogen-bond acceptors (Lipinski definition) is 4. The van der Waals surface area contributed by atoms with E-state index in [1.807, 2.05) is 0 Å². The highest BCUT2D eigenvalue weighted by atomic mass is 35.5. The average molecular weight is 330 g/mol. The topological polar surface area (TPSA) is 92.5 Å². The van der Waals surface area contributed by atoms with Crippen molar-refractivity contribution < 1.29 is 13.2 Å². The molecule has 8 heteroatoms. The lowest BCUT2D eigenvalue weighted by Gasteiger charge is -2.29. The summed E-state index contributed by atoms with van der Waals surface area (Å²) < 4.78 is 26.8. The van der Waals surface area contributed by atoms with E-state index in [0.29, 0.717) is 37.2 Å². The highest BCUT2D eigenvalue weighted by Crippen LogP contribution is 2.34. The van der Waals surface area contributed by atoms with Gasteiger partial charge in [-0.15, -0.1) is 0 Å². The van der Waals surface area contributed by atoms with E-state index in [-0.39, 0.29) is 28.3 Å². The number of amides is 1. The fourth-order valence-electron chi connectivity index (χ4n) is 2.68. The van der Waals surface area contributed by atoms with E-state index in [2.05, 4.69) is 5.32 Å². The summed E-state index contributed by atoms with van der Waals surface area (Å²) >= 11 is 6.11. The van der Waals surface area contributed by atoms with Gasteiger partial charge >= 0.3 is 0 Å². The Balaban J connectivity index is 1.96. The predicted molar refractivity (Wildman–Crippen MR) is 79.8 cm³/mol. The molecule has 0 spiro atoms. The minimum Gasteiger partial charge on any atom is -0.328 e. The van der Waals surface area contributed by atoms with Crippen LogP contribution in [0, 0.1) is 0 Å². The van der Waals surface area contributed by atoms with Crippen LogP contribution >= 0.6 is 11.6 Å². The maximum absolute atomic E-state index is 12.7. The molecular formula is C13H16ClN3O3S. The van der Waals surface area contributed by atoms with Crippen LogP contribution in [-0.4, -0.2) is 37.8 Å². The second-order valence-corrected chi connectivity index (χ2v) is 7.72. The summed E-state index contributed by atoms with van der Waals surface area (Å²) in [5.41, 5.74) is 7.06. The van der Waals surface area contributed by atoms with Crippen molar-refractivity contribution in [1.29, 1.82) is 0 Å². The predicted octanol–water partition coefficient (Wildman–Crippen LogP) is 0.946. The molecule has 1 saturated heterocycles. The molecule has 1 aromatic carbocycles. The van der Waals surface area contributed by atoms with Crippen molar-refractivity contribution in [2.75, 3.05) is 18.4 Å². The van der Waals surface area contributed by atoms with Crippen LogP contribution in [-0.2, 0) is 21.2 Å². The van der Waals surface area contributed by atoms with Gasteiger partial charge in [0.2, 0.25) is 15.9 Å². The van der Waals surface area contributed by atoms with Crippen molar-refractivity contribution in [3.63, 3.8) is 0 Å². The van der Waals surface area contributed by atoms with Crippen molar-refractivity contribution in [3.8, 4) is 0 Å².